The molecule has 1 aromatic carbocycles. The van der Waals surface area contributed by atoms with E-state index in [2.05, 4.69) is 15.5 Å². The molecule has 10 nitrogen and oxygen atoms in total. The van der Waals surface area contributed by atoms with E-state index >= 15 is 0 Å². The molecule has 34 heavy (non-hydrogen) atoms. The summed E-state index contributed by atoms with van der Waals surface area (Å²) in [7, 11) is 0. The van der Waals surface area contributed by atoms with Gasteiger partial charge in [0.2, 0.25) is 11.8 Å². The van der Waals surface area contributed by atoms with Crippen LogP contribution in [0.1, 0.15) is 31.2 Å². The normalized spacial score (nSPS) is 19.1. The molecule has 4 amide bonds. The van der Waals surface area contributed by atoms with Gasteiger partial charge in [0.1, 0.15) is 12.3 Å². The molecule has 3 aromatic rings. The molecule has 2 aliphatic heterocycles. The molecule has 0 aliphatic carbocycles. The van der Waals surface area contributed by atoms with E-state index in [-0.39, 0.29) is 31.5 Å². The molecule has 1 saturated heterocycles. The van der Waals surface area contributed by atoms with Gasteiger partial charge < -0.3 is 19.4 Å². The number of hydrogen-bond donors (Lipinski definition) is 1. The van der Waals surface area contributed by atoms with Crippen LogP contribution in [0.3, 0.4) is 0 Å². The number of benzene rings is 1. The van der Waals surface area contributed by atoms with E-state index in [1.165, 1.54) is 16.2 Å². The average Bonchev–Trinajstić information content (AvgIpc) is 3.57. The van der Waals surface area contributed by atoms with Crippen molar-refractivity contribution in [2.24, 2.45) is 0 Å². The number of hydrogen-bond acceptors (Lipinski definition) is 8. The van der Waals surface area contributed by atoms with E-state index in [4.69, 9.17) is 9.15 Å². The minimum atomic E-state index is -1.22. The lowest BCUT2D eigenvalue weighted by molar-refractivity contribution is -0.140. The van der Waals surface area contributed by atoms with E-state index in [0.29, 0.717) is 36.6 Å². The van der Waals surface area contributed by atoms with E-state index in [1.54, 1.807) is 18.2 Å². The minimum absolute atomic E-state index is 0.0938. The van der Waals surface area contributed by atoms with Gasteiger partial charge in [-0.15, -0.1) is 21.5 Å². The first-order chi connectivity index (χ1) is 16.5. The molecule has 1 fully saturated rings. The van der Waals surface area contributed by atoms with Gasteiger partial charge in [-0.2, -0.15) is 0 Å². The topological polar surface area (TPSA) is 118 Å². The van der Waals surface area contributed by atoms with Gasteiger partial charge in [-0.1, -0.05) is 31.2 Å². The van der Waals surface area contributed by atoms with Gasteiger partial charge in [-0.25, -0.2) is 4.79 Å². The Bertz CT molecular complexity index is 1230. The van der Waals surface area contributed by atoms with Crippen molar-refractivity contribution in [2.45, 2.75) is 31.8 Å². The van der Waals surface area contributed by atoms with Crippen LogP contribution >= 0.6 is 11.3 Å². The number of carbonyl (C=O) groups is 3. The van der Waals surface area contributed by atoms with Crippen LogP contribution in [0.5, 0.6) is 5.75 Å². The second-order valence-corrected chi connectivity index (χ2v) is 9.06. The molecule has 1 N–H and O–H groups in total. The number of ether oxygens (including phenoxy) is 1. The van der Waals surface area contributed by atoms with Crippen LogP contribution in [0.25, 0.3) is 10.8 Å². The van der Waals surface area contributed by atoms with Gasteiger partial charge in [-0.05, 0) is 23.9 Å². The number of rotatable bonds is 7. The number of para-hydroxylation sites is 1. The lowest BCUT2D eigenvalue weighted by Crippen LogP contribution is -2.48. The van der Waals surface area contributed by atoms with Crippen molar-refractivity contribution < 1.29 is 23.5 Å². The third-order valence-electron chi connectivity index (χ3n) is 5.92. The quantitative estimate of drug-likeness (QED) is 0.516. The zero-order valence-electron chi connectivity index (χ0n) is 18.5. The van der Waals surface area contributed by atoms with Crippen LogP contribution in [-0.2, 0) is 21.7 Å². The number of thiophene rings is 1. The molecule has 2 aliphatic rings. The fourth-order valence-electron chi connectivity index (χ4n) is 4.29. The standard InChI is InChI=1S/C23H23N5O5S/c1-2-10-27(13-18-25-26-20(33-18)17-8-5-12-34-17)19(29)14-28-21(30)23(24-22(28)31)9-11-32-16-7-4-3-6-15(16)23/h3-8,12H,2,9-11,13-14H2,1H3,(H,24,31)/t23-/m0/s1. The smallest absolute Gasteiger partial charge is 0.325 e. The number of fused-ring (bicyclic) bond motifs is 2. The molecule has 0 saturated carbocycles. The van der Waals surface area contributed by atoms with Gasteiger partial charge in [0.15, 0.2) is 5.54 Å². The summed E-state index contributed by atoms with van der Waals surface area (Å²) in [4.78, 5) is 42.8. The van der Waals surface area contributed by atoms with Crippen LogP contribution in [0.2, 0.25) is 0 Å². The Morgan fingerprint density at radius 2 is 2.09 bits per heavy atom. The van der Waals surface area contributed by atoms with Crippen molar-refractivity contribution in [1.82, 2.24) is 25.3 Å². The maximum absolute atomic E-state index is 13.4. The molecule has 0 bridgehead atoms. The van der Waals surface area contributed by atoms with E-state index in [1.807, 2.05) is 30.5 Å². The monoisotopic (exact) mass is 481 g/mol. The summed E-state index contributed by atoms with van der Waals surface area (Å²) < 4.78 is 11.4. The third-order valence-corrected chi connectivity index (χ3v) is 6.78. The number of aromatic nitrogens is 2. The minimum Gasteiger partial charge on any atom is -0.493 e. The Morgan fingerprint density at radius 3 is 2.88 bits per heavy atom. The Morgan fingerprint density at radius 1 is 1.24 bits per heavy atom. The first-order valence-electron chi connectivity index (χ1n) is 11.0. The van der Waals surface area contributed by atoms with Crippen LogP contribution in [0, 0.1) is 0 Å². The Labute approximate surface area is 199 Å². The Hall–Kier alpha value is -3.73. The summed E-state index contributed by atoms with van der Waals surface area (Å²) in [5.74, 6) is 0.413. The third kappa shape index (κ3) is 3.81. The molecule has 11 heteroatoms. The first kappa shape index (κ1) is 22.1. The van der Waals surface area contributed by atoms with Crippen LogP contribution < -0.4 is 10.1 Å². The predicted octanol–water partition coefficient (Wildman–Crippen LogP) is 2.77. The summed E-state index contributed by atoms with van der Waals surface area (Å²) in [5, 5.41) is 12.8. The summed E-state index contributed by atoms with van der Waals surface area (Å²) in [5.41, 5.74) is -0.615. The second-order valence-electron chi connectivity index (χ2n) is 8.11. The molecule has 2 aromatic heterocycles. The summed E-state index contributed by atoms with van der Waals surface area (Å²) in [6.45, 7) is 2.36. The molecular formula is C23H23N5O5S. The second kappa shape index (κ2) is 8.90. The number of carbonyl (C=O) groups excluding carboxylic acids is 3. The highest BCUT2D eigenvalue weighted by atomic mass is 32.1. The first-order valence-corrected chi connectivity index (χ1v) is 11.9. The number of amides is 4. The maximum atomic E-state index is 13.4. The number of imide groups is 1. The highest BCUT2D eigenvalue weighted by Gasteiger charge is 2.55. The van der Waals surface area contributed by atoms with Gasteiger partial charge in [0.05, 0.1) is 18.0 Å². The zero-order valence-corrected chi connectivity index (χ0v) is 19.3. The number of urea groups is 1. The zero-order chi connectivity index (χ0) is 23.7. The van der Waals surface area contributed by atoms with E-state index in [9.17, 15) is 14.4 Å². The fourth-order valence-corrected chi connectivity index (χ4v) is 4.94. The van der Waals surface area contributed by atoms with Crippen molar-refractivity contribution >= 4 is 29.2 Å². The molecule has 5 rings (SSSR count). The highest BCUT2D eigenvalue weighted by molar-refractivity contribution is 7.13. The SMILES string of the molecule is CCCN(Cc1nnc(-c2cccs2)o1)C(=O)CN1C(=O)N[C@]2(CCOc3ccccc32)C1=O. The molecule has 176 valence electrons. The molecular weight excluding hydrogens is 458 g/mol. The van der Waals surface area contributed by atoms with Crippen molar-refractivity contribution in [3.05, 3.63) is 53.2 Å². The highest BCUT2D eigenvalue weighted by Crippen LogP contribution is 2.40. The Balaban J connectivity index is 1.32. The summed E-state index contributed by atoms with van der Waals surface area (Å²) in [6, 6.07) is 10.3. The average molecular weight is 482 g/mol. The number of nitrogens with zero attached hydrogens (tertiary/aromatic N) is 4. The van der Waals surface area contributed by atoms with Gasteiger partial charge in [-0.3, -0.25) is 14.5 Å². The van der Waals surface area contributed by atoms with Crippen molar-refractivity contribution in [3.8, 4) is 16.5 Å². The molecule has 1 atom stereocenters. The molecule has 0 unspecified atom stereocenters. The van der Waals surface area contributed by atoms with Crippen molar-refractivity contribution in [3.63, 3.8) is 0 Å². The van der Waals surface area contributed by atoms with Gasteiger partial charge in [0, 0.05) is 18.5 Å². The largest absolute Gasteiger partial charge is 0.493 e. The van der Waals surface area contributed by atoms with Crippen molar-refractivity contribution in [1.29, 1.82) is 0 Å². The predicted molar refractivity (Wildman–Crippen MR) is 122 cm³/mol. The fraction of sp³-hybridized carbons (Fsp3) is 0.348. The molecule has 1 spiro atoms. The van der Waals surface area contributed by atoms with Gasteiger partial charge in [0.25, 0.3) is 11.8 Å². The lowest BCUT2D eigenvalue weighted by atomic mass is 9.84. The summed E-state index contributed by atoms with van der Waals surface area (Å²) in [6.07, 6.45) is 0.984. The van der Waals surface area contributed by atoms with E-state index in [0.717, 1.165) is 9.78 Å². The van der Waals surface area contributed by atoms with Crippen LogP contribution in [0.4, 0.5) is 4.79 Å². The van der Waals surface area contributed by atoms with Crippen LogP contribution in [0.15, 0.2) is 46.2 Å². The number of nitrogens with one attached hydrogen (secondary N) is 1. The molecule has 4 heterocycles. The lowest BCUT2D eigenvalue weighted by Gasteiger charge is -2.33. The molecule has 0 radical (unpaired) electrons. The van der Waals surface area contributed by atoms with E-state index < -0.39 is 17.5 Å². The maximum Gasteiger partial charge on any atom is 0.325 e. The van der Waals surface area contributed by atoms with Crippen molar-refractivity contribution in [2.75, 3.05) is 19.7 Å². The summed E-state index contributed by atoms with van der Waals surface area (Å²) >= 11 is 1.48. The van der Waals surface area contributed by atoms with Gasteiger partial charge >= 0.3 is 6.03 Å². The Kier molecular flexibility index (Phi) is 5.78. The van der Waals surface area contributed by atoms with Crippen LogP contribution in [-0.4, -0.2) is 57.5 Å².